The first-order chi connectivity index (χ1) is 19.3. The number of imidazole rings is 1. The Morgan fingerprint density at radius 3 is 2.73 bits per heavy atom. The second kappa shape index (κ2) is 10.9. The third-order valence-corrected chi connectivity index (χ3v) is 7.69. The first kappa shape index (κ1) is 26.3. The highest BCUT2D eigenvalue weighted by molar-refractivity contribution is 6.11. The van der Waals surface area contributed by atoms with E-state index in [2.05, 4.69) is 59.5 Å². The number of piperidine rings is 1. The van der Waals surface area contributed by atoms with Gasteiger partial charge < -0.3 is 30.0 Å². The molecule has 0 bridgehead atoms. The molecule has 8 heteroatoms. The lowest BCUT2D eigenvalue weighted by atomic mass is 10.0. The average Bonchev–Trinajstić information content (AvgIpc) is 3.37. The first-order valence-electron chi connectivity index (χ1n) is 14.1. The fraction of sp³-hybridized carbons (Fsp3) is 0.375. The number of aromatic amines is 1. The van der Waals surface area contributed by atoms with Gasteiger partial charge in [0.25, 0.3) is 5.91 Å². The molecule has 0 radical (unpaired) electrons. The second-order valence-electron chi connectivity index (χ2n) is 11.4. The highest BCUT2D eigenvalue weighted by atomic mass is 16.5. The van der Waals surface area contributed by atoms with Crippen molar-refractivity contribution in [2.24, 2.45) is 0 Å². The van der Waals surface area contributed by atoms with Gasteiger partial charge in [-0.3, -0.25) is 4.79 Å². The van der Waals surface area contributed by atoms with E-state index in [-0.39, 0.29) is 17.6 Å². The zero-order chi connectivity index (χ0) is 27.7. The van der Waals surface area contributed by atoms with Crippen molar-refractivity contribution in [3.63, 3.8) is 0 Å². The molecule has 0 saturated carbocycles. The lowest BCUT2D eigenvalue weighted by Gasteiger charge is -2.39. The lowest BCUT2D eigenvalue weighted by Crippen LogP contribution is -2.48. The normalized spacial score (nSPS) is 17.6. The SMILES string of the molecule is Cc1cc(N2CCOC(C)(C)C2)ccc1-c1nc2c(C(=O)Nc3cccc(OC4CCNCC4)c3)cccc2[nH]1. The smallest absolute Gasteiger partial charge is 0.257 e. The van der Waals surface area contributed by atoms with Gasteiger partial charge in [0.15, 0.2) is 0 Å². The molecule has 0 unspecified atom stereocenters. The molecule has 3 heterocycles. The van der Waals surface area contributed by atoms with Crippen LogP contribution in [0.3, 0.4) is 0 Å². The number of aryl methyl sites for hydroxylation is 1. The predicted molar refractivity (Wildman–Crippen MR) is 159 cm³/mol. The number of benzene rings is 3. The van der Waals surface area contributed by atoms with Crippen LogP contribution in [0.15, 0.2) is 60.7 Å². The van der Waals surface area contributed by atoms with Crippen molar-refractivity contribution in [3.8, 4) is 17.1 Å². The van der Waals surface area contributed by atoms with E-state index in [1.165, 1.54) is 5.69 Å². The fourth-order valence-corrected chi connectivity index (χ4v) is 5.64. The number of amides is 1. The van der Waals surface area contributed by atoms with Crippen LogP contribution in [0, 0.1) is 6.92 Å². The summed E-state index contributed by atoms with van der Waals surface area (Å²) in [4.78, 5) is 24.1. The van der Waals surface area contributed by atoms with Crippen LogP contribution in [0.4, 0.5) is 11.4 Å². The van der Waals surface area contributed by atoms with Gasteiger partial charge in [0.2, 0.25) is 0 Å². The Morgan fingerprint density at radius 2 is 1.93 bits per heavy atom. The van der Waals surface area contributed by atoms with Crippen molar-refractivity contribution in [1.82, 2.24) is 15.3 Å². The van der Waals surface area contributed by atoms with Crippen molar-refractivity contribution >= 4 is 28.3 Å². The fourth-order valence-electron chi connectivity index (χ4n) is 5.64. The van der Waals surface area contributed by atoms with Crippen LogP contribution in [-0.2, 0) is 4.74 Å². The summed E-state index contributed by atoms with van der Waals surface area (Å²) < 4.78 is 12.0. The van der Waals surface area contributed by atoms with E-state index in [0.717, 1.165) is 73.8 Å². The van der Waals surface area contributed by atoms with Crippen LogP contribution >= 0.6 is 0 Å². The number of carbonyl (C=O) groups is 1. The molecule has 3 aromatic carbocycles. The summed E-state index contributed by atoms with van der Waals surface area (Å²) in [5, 5.41) is 6.39. The molecule has 8 nitrogen and oxygen atoms in total. The van der Waals surface area contributed by atoms with E-state index in [4.69, 9.17) is 14.5 Å². The number of H-pyrrole nitrogens is 1. The lowest BCUT2D eigenvalue weighted by molar-refractivity contribution is -0.0276. The van der Waals surface area contributed by atoms with Gasteiger partial charge in [-0.15, -0.1) is 0 Å². The van der Waals surface area contributed by atoms with E-state index < -0.39 is 0 Å². The molecule has 1 aromatic heterocycles. The van der Waals surface area contributed by atoms with Gasteiger partial charge in [-0.2, -0.15) is 0 Å². The zero-order valence-electron chi connectivity index (χ0n) is 23.4. The Labute approximate surface area is 235 Å². The summed E-state index contributed by atoms with van der Waals surface area (Å²) in [6.07, 6.45) is 2.16. The van der Waals surface area contributed by atoms with Crippen molar-refractivity contribution in [3.05, 3.63) is 71.8 Å². The van der Waals surface area contributed by atoms with Gasteiger partial charge in [-0.1, -0.05) is 12.1 Å². The van der Waals surface area contributed by atoms with E-state index in [1.54, 1.807) is 0 Å². The number of nitrogens with zero attached hydrogens (tertiary/aromatic N) is 2. The largest absolute Gasteiger partial charge is 0.490 e. The van der Waals surface area contributed by atoms with Gasteiger partial charge in [0.1, 0.15) is 23.2 Å². The number of ether oxygens (including phenoxy) is 2. The molecule has 2 aliphatic heterocycles. The second-order valence-corrected chi connectivity index (χ2v) is 11.4. The topological polar surface area (TPSA) is 91.5 Å². The molecule has 6 rings (SSSR count). The van der Waals surface area contributed by atoms with Crippen molar-refractivity contribution in [1.29, 1.82) is 0 Å². The van der Waals surface area contributed by atoms with E-state index in [0.29, 0.717) is 16.8 Å². The summed E-state index contributed by atoms with van der Waals surface area (Å²) in [7, 11) is 0. The third-order valence-electron chi connectivity index (χ3n) is 7.69. The standard InChI is InChI=1S/C32H37N5O3/c1-21-18-23(37-16-17-39-32(2,3)20-37)10-11-26(21)30-35-28-9-5-8-27(29(28)36-30)31(38)34-22-6-4-7-25(19-22)40-24-12-14-33-15-13-24/h4-11,18-19,24,33H,12-17,20H2,1-3H3,(H,34,38)(H,35,36). The molecule has 2 saturated heterocycles. The molecular formula is C32H37N5O3. The van der Waals surface area contributed by atoms with Crippen molar-refractivity contribution in [2.75, 3.05) is 43.0 Å². The summed E-state index contributed by atoms with van der Waals surface area (Å²) in [5.74, 6) is 1.31. The monoisotopic (exact) mass is 539 g/mol. The molecule has 2 fully saturated rings. The molecule has 0 aliphatic carbocycles. The molecule has 208 valence electrons. The minimum Gasteiger partial charge on any atom is -0.490 e. The maximum Gasteiger partial charge on any atom is 0.257 e. The quantitative estimate of drug-likeness (QED) is 0.298. The van der Waals surface area contributed by atoms with Gasteiger partial charge >= 0.3 is 0 Å². The van der Waals surface area contributed by atoms with Gasteiger partial charge in [0.05, 0.1) is 23.3 Å². The Hall–Kier alpha value is -3.88. The number of para-hydroxylation sites is 1. The van der Waals surface area contributed by atoms with Crippen LogP contribution in [0.25, 0.3) is 22.4 Å². The molecular weight excluding hydrogens is 502 g/mol. The minimum absolute atomic E-state index is 0.165. The molecule has 40 heavy (non-hydrogen) atoms. The Balaban J connectivity index is 1.21. The minimum atomic E-state index is -0.204. The third kappa shape index (κ3) is 5.69. The number of anilines is 2. The molecule has 3 N–H and O–H groups in total. The average molecular weight is 540 g/mol. The van der Waals surface area contributed by atoms with E-state index >= 15 is 0 Å². The number of rotatable bonds is 6. The number of hydrogen-bond acceptors (Lipinski definition) is 6. The van der Waals surface area contributed by atoms with Crippen molar-refractivity contribution in [2.45, 2.75) is 45.3 Å². The Kier molecular flexibility index (Phi) is 7.21. The number of carbonyl (C=O) groups excluding carboxylic acids is 1. The molecule has 0 spiro atoms. The van der Waals surface area contributed by atoms with Gasteiger partial charge in [0, 0.05) is 36.1 Å². The predicted octanol–water partition coefficient (Wildman–Crippen LogP) is 5.54. The van der Waals surface area contributed by atoms with Crippen LogP contribution in [0.2, 0.25) is 0 Å². The number of morpholine rings is 1. The summed E-state index contributed by atoms with van der Waals surface area (Å²) in [5.41, 5.74) is 5.84. The van der Waals surface area contributed by atoms with E-state index in [9.17, 15) is 4.79 Å². The number of hydrogen-bond donors (Lipinski definition) is 3. The Bertz CT molecular complexity index is 1520. The molecule has 4 aromatic rings. The van der Waals surface area contributed by atoms with Crippen LogP contribution < -0.4 is 20.3 Å². The van der Waals surface area contributed by atoms with E-state index in [1.807, 2.05) is 42.5 Å². The van der Waals surface area contributed by atoms with Crippen LogP contribution in [0.5, 0.6) is 5.75 Å². The maximum atomic E-state index is 13.4. The van der Waals surface area contributed by atoms with Gasteiger partial charge in [-0.25, -0.2) is 4.98 Å². The molecule has 0 atom stereocenters. The summed E-state index contributed by atoms with van der Waals surface area (Å²) >= 11 is 0. The molecule has 2 aliphatic rings. The first-order valence-corrected chi connectivity index (χ1v) is 14.1. The number of fused-ring (bicyclic) bond motifs is 1. The van der Waals surface area contributed by atoms with Crippen LogP contribution in [0.1, 0.15) is 42.6 Å². The summed E-state index contributed by atoms with van der Waals surface area (Å²) in [6, 6.07) is 19.7. The number of aromatic nitrogens is 2. The van der Waals surface area contributed by atoms with Gasteiger partial charge in [-0.05, 0) is 94.7 Å². The number of nitrogens with one attached hydrogen (secondary N) is 3. The highest BCUT2D eigenvalue weighted by Crippen LogP contribution is 2.31. The van der Waals surface area contributed by atoms with Crippen molar-refractivity contribution < 1.29 is 14.3 Å². The Morgan fingerprint density at radius 1 is 1.10 bits per heavy atom. The summed E-state index contributed by atoms with van der Waals surface area (Å²) in [6.45, 7) is 10.7. The highest BCUT2D eigenvalue weighted by Gasteiger charge is 2.27. The zero-order valence-corrected chi connectivity index (χ0v) is 23.4. The maximum absolute atomic E-state index is 13.4. The molecule has 1 amide bonds. The van der Waals surface area contributed by atoms with Crippen LogP contribution in [-0.4, -0.2) is 60.4 Å².